The summed E-state index contributed by atoms with van der Waals surface area (Å²) >= 11 is 0. The van der Waals surface area contributed by atoms with Crippen molar-refractivity contribution in [1.29, 1.82) is 0 Å². The van der Waals surface area contributed by atoms with Crippen LogP contribution in [0.15, 0.2) is 0 Å². The lowest BCUT2D eigenvalue weighted by Gasteiger charge is -2.67. The van der Waals surface area contributed by atoms with Crippen molar-refractivity contribution in [3.05, 3.63) is 0 Å². The monoisotopic (exact) mass is 432 g/mol. The maximum Gasteiger partial charge on any atom is 0.0648 e. The lowest BCUT2D eigenvalue weighted by atomic mass is 9.38. The first-order valence-electron chi connectivity index (χ1n) is 13.9. The van der Waals surface area contributed by atoms with Crippen molar-refractivity contribution in [3.8, 4) is 0 Å². The van der Waals surface area contributed by atoms with Gasteiger partial charge in [-0.1, -0.05) is 41.5 Å². The Bertz CT molecular complexity index is 647. The van der Waals surface area contributed by atoms with Crippen molar-refractivity contribution < 1.29 is 10.2 Å². The average Bonchev–Trinajstić information content (AvgIpc) is 3.11. The zero-order chi connectivity index (χ0) is 22.7. The fraction of sp³-hybridized carbons (Fsp3) is 1.00. The summed E-state index contributed by atoms with van der Waals surface area (Å²) in [4.78, 5) is 0. The van der Waals surface area contributed by atoms with Gasteiger partial charge in [-0.25, -0.2) is 0 Å². The molecule has 2 heteroatoms. The Morgan fingerprint density at radius 2 is 1.48 bits per heavy atom. The first-order valence-corrected chi connectivity index (χ1v) is 13.9. The molecule has 0 aromatic rings. The molecule has 0 amide bonds. The van der Waals surface area contributed by atoms with E-state index < -0.39 is 5.60 Å². The molecular formula is C29H52O2. The fourth-order valence-electron chi connectivity index (χ4n) is 10.2. The van der Waals surface area contributed by atoms with Crippen molar-refractivity contribution in [2.75, 3.05) is 0 Å². The van der Waals surface area contributed by atoms with E-state index in [1.165, 1.54) is 51.4 Å². The Morgan fingerprint density at radius 3 is 2.16 bits per heavy atom. The molecule has 0 aliphatic heterocycles. The van der Waals surface area contributed by atoms with Gasteiger partial charge >= 0.3 is 0 Å². The van der Waals surface area contributed by atoms with Crippen LogP contribution in [0.4, 0.5) is 0 Å². The van der Waals surface area contributed by atoms with Crippen LogP contribution in [0.2, 0.25) is 0 Å². The second-order valence-corrected chi connectivity index (χ2v) is 13.5. The van der Waals surface area contributed by atoms with Crippen LogP contribution in [0.3, 0.4) is 0 Å². The van der Waals surface area contributed by atoms with E-state index in [0.29, 0.717) is 16.2 Å². The van der Waals surface area contributed by atoms with Gasteiger partial charge in [-0.2, -0.15) is 0 Å². The number of aliphatic hydroxyl groups is 2. The molecule has 0 heterocycles. The smallest absolute Gasteiger partial charge is 0.0648 e. The first kappa shape index (κ1) is 24.1. The molecule has 0 aromatic heterocycles. The minimum absolute atomic E-state index is 0.107. The molecule has 4 saturated carbocycles. The molecule has 10 atom stereocenters. The number of aliphatic hydroxyl groups excluding tert-OH is 1. The number of hydrogen-bond acceptors (Lipinski definition) is 2. The van der Waals surface area contributed by atoms with Gasteiger partial charge < -0.3 is 10.2 Å². The lowest BCUT2D eigenvalue weighted by molar-refractivity contribution is -0.190. The highest BCUT2D eigenvalue weighted by molar-refractivity contribution is 5.15. The average molecular weight is 433 g/mol. The summed E-state index contributed by atoms with van der Waals surface area (Å²) in [5, 5.41) is 21.2. The van der Waals surface area contributed by atoms with E-state index in [9.17, 15) is 10.2 Å². The second-order valence-electron chi connectivity index (χ2n) is 13.5. The Hall–Kier alpha value is -0.0800. The Balaban J connectivity index is 1.53. The molecule has 31 heavy (non-hydrogen) atoms. The van der Waals surface area contributed by atoms with Crippen molar-refractivity contribution in [2.24, 2.45) is 45.8 Å². The third-order valence-corrected chi connectivity index (χ3v) is 12.3. The Labute approximate surface area is 193 Å². The summed E-state index contributed by atoms with van der Waals surface area (Å²) in [5.74, 6) is 4.00. The van der Waals surface area contributed by atoms with Crippen LogP contribution in [0.25, 0.3) is 0 Å². The molecule has 4 rings (SSSR count). The molecule has 4 aliphatic carbocycles. The van der Waals surface area contributed by atoms with Gasteiger partial charge in [0.2, 0.25) is 0 Å². The van der Waals surface area contributed by atoms with Crippen molar-refractivity contribution in [2.45, 2.75) is 137 Å². The third-order valence-electron chi connectivity index (χ3n) is 12.3. The maximum absolute atomic E-state index is 11.1. The number of rotatable bonds is 6. The molecule has 0 spiro atoms. The SMILES string of the molecule is CCC(O)CC[C@@H](C)[C@H]1CC[C@H]2[C@]3(C)CC[C@H]4C[C@](O)(CC)CC[C@]4(C)[C@H]3CC[C@@]21C. The summed E-state index contributed by atoms with van der Waals surface area (Å²) in [6.45, 7) is 14.7. The van der Waals surface area contributed by atoms with Crippen LogP contribution in [-0.2, 0) is 0 Å². The van der Waals surface area contributed by atoms with E-state index in [0.717, 1.165) is 61.7 Å². The predicted molar refractivity (Wildman–Crippen MR) is 130 cm³/mol. The molecule has 2 nitrogen and oxygen atoms in total. The standard InChI is InChI=1S/C29H52O2/c1-7-22(30)10-9-20(3)23-11-12-24-27(23,5)16-14-25-26(4)17-18-29(31,8-2)19-21(26)13-15-28(24,25)6/h20-25,30-31H,7-19H2,1-6H3/t20-,21+,22?,23-,24-,25-,26+,27-,28+,29+/m1/s1. The summed E-state index contributed by atoms with van der Waals surface area (Å²) in [6.07, 6.45) is 15.5. The normalized spacial score (nSPS) is 51.5. The van der Waals surface area contributed by atoms with Crippen LogP contribution >= 0.6 is 0 Å². The molecule has 1 unspecified atom stereocenters. The quantitative estimate of drug-likeness (QED) is 0.460. The molecule has 4 fully saturated rings. The zero-order valence-corrected chi connectivity index (χ0v) is 21.6. The van der Waals surface area contributed by atoms with Gasteiger partial charge in [0.05, 0.1) is 11.7 Å². The molecule has 0 bridgehead atoms. The van der Waals surface area contributed by atoms with Gasteiger partial charge in [0.15, 0.2) is 0 Å². The fourth-order valence-corrected chi connectivity index (χ4v) is 10.2. The minimum Gasteiger partial charge on any atom is -0.393 e. The van der Waals surface area contributed by atoms with Crippen molar-refractivity contribution >= 4 is 0 Å². The number of hydrogen-bond donors (Lipinski definition) is 2. The maximum atomic E-state index is 11.1. The Kier molecular flexibility index (Phi) is 6.44. The number of fused-ring (bicyclic) bond motifs is 5. The van der Waals surface area contributed by atoms with E-state index in [1.54, 1.807) is 0 Å². The molecule has 180 valence electrons. The van der Waals surface area contributed by atoms with E-state index >= 15 is 0 Å². The van der Waals surface area contributed by atoms with Crippen LogP contribution in [0, 0.1) is 45.8 Å². The molecule has 0 aromatic carbocycles. The topological polar surface area (TPSA) is 40.5 Å². The summed E-state index contributed by atoms with van der Waals surface area (Å²) in [7, 11) is 0. The third kappa shape index (κ3) is 3.74. The van der Waals surface area contributed by atoms with E-state index in [2.05, 4.69) is 41.5 Å². The molecule has 2 N–H and O–H groups in total. The molecular weight excluding hydrogens is 380 g/mol. The summed E-state index contributed by atoms with van der Waals surface area (Å²) in [5.41, 5.74) is 1.02. The Morgan fingerprint density at radius 1 is 0.806 bits per heavy atom. The van der Waals surface area contributed by atoms with Crippen LogP contribution in [0.1, 0.15) is 125 Å². The summed E-state index contributed by atoms with van der Waals surface area (Å²) in [6, 6.07) is 0. The molecule has 0 radical (unpaired) electrons. The zero-order valence-electron chi connectivity index (χ0n) is 21.6. The highest BCUT2D eigenvalue weighted by Crippen LogP contribution is 2.73. The van der Waals surface area contributed by atoms with Crippen LogP contribution < -0.4 is 0 Å². The van der Waals surface area contributed by atoms with Gasteiger partial charge in [0.1, 0.15) is 0 Å². The van der Waals surface area contributed by atoms with Gasteiger partial charge in [-0.15, -0.1) is 0 Å². The lowest BCUT2D eigenvalue weighted by Crippen LogP contribution is -2.60. The van der Waals surface area contributed by atoms with Gasteiger partial charge in [-0.3, -0.25) is 0 Å². The van der Waals surface area contributed by atoms with Crippen LogP contribution in [-0.4, -0.2) is 21.9 Å². The minimum atomic E-state index is -0.391. The highest BCUT2D eigenvalue weighted by Gasteiger charge is 2.65. The van der Waals surface area contributed by atoms with E-state index in [4.69, 9.17) is 0 Å². The van der Waals surface area contributed by atoms with Crippen molar-refractivity contribution in [3.63, 3.8) is 0 Å². The van der Waals surface area contributed by atoms with E-state index in [1.807, 2.05) is 0 Å². The second kappa shape index (κ2) is 8.30. The molecule has 4 aliphatic rings. The van der Waals surface area contributed by atoms with Crippen LogP contribution in [0.5, 0.6) is 0 Å². The largest absolute Gasteiger partial charge is 0.393 e. The van der Waals surface area contributed by atoms with Gasteiger partial charge in [0, 0.05) is 0 Å². The first-order chi connectivity index (χ1) is 14.5. The van der Waals surface area contributed by atoms with Gasteiger partial charge in [-0.05, 0) is 129 Å². The van der Waals surface area contributed by atoms with Crippen molar-refractivity contribution in [1.82, 2.24) is 0 Å². The molecule has 0 saturated heterocycles. The summed E-state index contributed by atoms with van der Waals surface area (Å²) < 4.78 is 0. The predicted octanol–water partition coefficient (Wildman–Crippen LogP) is 7.36. The highest BCUT2D eigenvalue weighted by atomic mass is 16.3. The van der Waals surface area contributed by atoms with E-state index in [-0.39, 0.29) is 6.10 Å². The van der Waals surface area contributed by atoms with Gasteiger partial charge in [0.25, 0.3) is 0 Å².